The molecular formula is C18H20O6. The summed E-state index contributed by atoms with van der Waals surface area (Å²) >= 11 is 0. The van der Waals surface area contributed by atoms with Crippen LogP contribution < -0.4 is 4.74 Å². The number of aromatic carboxylic acids is 1. The normalized spacial score (nSPS) is 9.79. The molecule has 6 heteroatoms. The summed E-state index contributed by atoms with van der Waals surface area (Å²) < 4.78 is 4.87. The molecule has 24 heavy (non-hydrogen) atoms. The van der Waals surface area contributed by atoms with E-state index in [-0.39, 0.29) is 23.8 Å². The number of carboxylic acid groups (broad SMARTS) is 2. The first-order chi connectivity index (χ1) is 11.3. The first-order valence-electron chi connectivity index (χ1n) is 7.27. The highest BCUT2D eigenvalue weighted by Gasteiger charge is 2.14. The van der Waals surface area contributed by atoms with Crippen LogP contribution in [0.3, 0.4) is 0 Å². The molecule has 0 spiro atoms. The largest absolute Gasteiger partial charge is 0.507 e. The number of rotatable bonds is 5. The number of hydrogen-bond donors (Lipinski definition) is 3. The number of hydrogen-bond acceptors (Lipinski definition) is 4. The molecule has 0 saturated carbocycles. The van der Waals surface area contributed by atoms with Crippen molar-refractivity contribution in [3.8, 4) is 11.5 Å². The van der Waals surface area contributed by atoms with Crippen molar-refractivity contribution in [1.29, 1.82) is 0 Å². The van der Waals surface area contributed by atoms with Crippen molar-refractivity contribution in [1.82, 2.24) is 0 Å². The summed E-state index contributed by atoms with van der Waals surface area (Å²) in [4.78, 5) is 20.7. The van der Waals surface area contributed by atoms with Crippen molar-refractivity contribution >= 4 is 11.9 Å². The molecule has 0 atom stereocenters. The van der Waals surface area contributed by atoms with E-state index in [4.69, 9.17) is 14.9 Å². The number of aromatic hydroxyl groups is 1. The van der Waals surface area contributed by atoms with Gasteiger partial charge in [-0.15, -0.1) is 0 Å². The zero-order chi connectivity index (χ0) is 18.1. The Hall–Kier alpha value is -3.02. The lowest BCUT2D eigenvalue weighted by atomic mass is 9.99. The molecule has 0 unspecified atom stereocenters. The van der Waals surface area contributed by atoms with Gasteiger partial charge in [-0.05, 0) is 29.7 Å². The van der Waals surface area contributed by atoms with Crippen molar-refractivity contribution < 1.29 is 29.6 Å². The van der Waals surface area contributed by atoms with E-state index in [0.29, 0.717) is 11.3 Å². The van der Waals surface area contributed by atoms with Gasteiger partial charge in [0.15, 0.2) is 6.61 Å². The van der Waals surface area contributed by atoms with E-state index in [0.717, 1.165) is 0 Å². The van der Waals surface area contributed by atoms with Gasteiger partial charge in [0, 0.05) is 0 Å². The molecule has 2 aromatic rings. The predicted octanol–water partition coefficient (Wildman–Crippen LogP) is 3.36. The maximum atomic E-state index is 10.6. The maximum Gasteiger partial charge on any atom is 0.341 e. The Morgan fingerprint density at radius 3 is 2.12 bits per heavy atom. The van der Waals surface area contributed by atoms with Gasteiger partial charge in [-0.1, -0.05) is 44.2 Å². The van der Waals surface area contributed by atoms with E-state index in [9.17, 15) is 14.7 Å². The third-order valence-electron chi connectivity index (χ3n) is 3.03. The standard InChI is InChI=1S/C10H12O3.C8H8O3/c1-6(2)7-4-3-5-8(9(7)11)10(12)13;9-8(10)6-11-7-4-2-1-3-5-7/h3-6,11H,1-2H3,(H,12,13);1-5H,6H2,(H,9,10). The smallest absolute Gasteiger partial charge is 0.341 e. The molecular weight excluding hydrogens is 312 g/mol. The zero-order valence-electron chi connectivity index (χ0n) is 13.5. The number of para-hydroxylation sites is 2. The molecule has 0 fully saturated rings. The van der Waals surface area contributed by atoms with Gasteiger partial charge >= 0.3 is 11.9 Å². The lowest BCUT2D eigenvalue weighted by Gasteiger charge is -2.09. The third-order valence-corrected chi connectivity index (χ3v) is 3.03. The second-order valence-corrected chi connectivity index (χ2v) is 5.20. The van der Waals surface area contributed by atoms with Gasteiger partial charge in [0.2, 0.25) is 0 Å². The molecule has 0 aromatic heterocycles. The lowest BCUT2D eigenvalue weighted by Crippen LogP contribution is -2.09. The van der Waals surface area contributed by atoms with Crippen molar-refractivity contribution in [3.05, 3.63) is 59.7 Å². The highest BCUT2D eigenvalue weighted by Crippen LogP contribution is 2.28. The molecule has 0 aliphatic heterocycles. The van der Waals surface area contributed by atoms with E-state index in [1.807, 2.05) is 19.9 Å². The summed E-state index contributed by atoms with van der Waals surface area (Å²) in [6, 6.07) is 13.6. The summed E-state index contributed by atoms with van der Waals surface area (Å²) in [7, 11) is 0. The molecule has 0 amide bonds. The molecule has 0 aliphatic carbocycles. The number of carbonyl (C=O) groups is 2. The van der Waals surface area contributed by atoms with Gasteiger partial charge in [0.25, 0.3) is 0 Å². The highest BCUT2D eigenvalue weighted by atomic mass is 16.5. The Morgan fingerprint density at radius 2 is 1.62 bits per heavy atom. The quantitative estimate of drug-likeness (QED) is 0.775. The average molecular weight is 332 g/mol. The molecule has 2 aromatic carbocycles. The van der Waals surface area contributed by atoms with Crippen molar-refractivity contribution in [2.45, 2.75) is 19.8 Å². The minimum absolute atomic E-state index is 0.0359. The van der Waals surface area contributed by atoms with Crippen LogP contribution in [0.5, 0.6) is 11.5 Å². The molecule has 0 bridgehead atoms. The summed E-state index contributed by atoms with van der Waals surface area (Å²) in [6.45, 7) is 3.52. The van der Waals surface area contributed by atoms with E-state index >= 15 is 0 Å². The monoisotopic (exact) mass is 332 g/mol. The first-order valence-corrected chi connectivity index (χ1v) is 7.27. The fourth-order valence-electron chi connectivity index (χ4n) is 1.86. The van der Waals surface area contributed by atoms with Gasteiger partial charge < -0.3 is 20.1 Å². The van der Waals surface area contributed by atoms with Crippen LogP contribution in [0.25, 0.3) is 0 Å². The molecule has 0 aliphatic rings. The molecule has 3 N–H and O–H groups in total. The molecule has 128 valence electrons. The lowest BCUT2D eigenvalue weighted by molar-refractivity contribution is -0.139. The SMILES string of the molecule is CC(C)c1cccc(C(=O)O)c1O.O=C(O)COc1ccccc1. The Kier molecular flexibility index (Phi) is 7.29. The summed E-state index contributed by atoms with van der Waals surface area (Å²) in [5.41, 5.74) is 0.631. The van der Waals surface area contributed by atoms with Crippen molar-refractivity contribution in [2.75, 3.05) is 6.61 Å². The van der Waals surface area contributed by atoms with E-state index < -0.39 is 11.9 Å². The average Bonchev–Trinajstić information content (AvgIpc) is 2.54. The minimum atomic E-state index is -1.10. The fourth-order valence-corrected chi connectivity index (χ4v) is 1.86. The van der Waals surface area contributed by atoms with Crippen LogP contribution in [0.15, 0.2) is 48.5 Å². The van der Waals surface area contributed by atoms with Crippen LogP contribution in [0.2, 0.25) is 0 Å². The third kappa shape index (κ3) is 6.00. The van der Waals surface area contributed by atoms with Gasteiger partial charge in [-0.25, -0.2) is 9.59 Å². The Morgan fingerprint density at radius 1 is 1.00 bits per heavy atom. The van der Waals surface area contributed by atoms with Gasteiger partial charge in [-0.2, -0.15) is 0 Å². The van der Waals surface area contributed by atoms with Crippen molar-refractivity contribution in [2.24, 2.45) is 0 Å². The van der Waals surface area contributed by atoms with Crippen LogP contribution in [-0.4, -0.2) is 33.9 Å². The Balaban J connectivity index is 0.000000243. The molecule has 2 rings (SSSR count). The number of ether oxygens (including phenoxy) is 1. The maximum absolute atomic E-state index is 10.6. The van der Waals surface area contributed by atoms with E-state index in [1.54, 1.807) is 36.4 Å². The second-order valence-electron chi connectivity index (χ2n) is 5.20. The first kappa shape index (κ1) is 19.0. The minimum Gasteiger partial charge on any atom is -0.507 e. The molecule has 0 saturated heterocycles. The highest BCUT2D eigenvalue weighted by molar-refractivity contribution is 5.91. The van der Waals surface area contributed by atoms with Crippen LogP contribution in [-0.2, 0) is 4.79 Å². The topological polar surface area (TPSA) is 104 Å². The number of benzene rings is 2. The van der Waals surface area contributed by atoms with E-state index in [1.165, 1.54) is 6.07 Å². The van der Waals surface area contributed by atoms with Gasteiger partial charge in [-0.3, -0.25) is 0 Å². The molecule has 0 radical (unpaired) electrons. The van der Waals surface area contributed by atoms with Gasteiger partial charge in [0.1, 0.15) is 17.1 Å². The summed E-state index contributed by atoms with van der Waals surface area (Å²) in [5.74, 6) is -1.48. The van der Waals surface area contributed by atoms with Crippen LogP contribution in [0.4, 0.5) is 0 Å². The van der Waals surface area contributed by atoms with E-state index in [2.05, 4.69) is 0 Å². The number of aliphatic carboxylic acids is 1. The van der Waals surface area contributed by atoms with Gasteiger partial charge in [0.05, 0.1) is 0 Å². The Bertz CT molecular complexity index is 679. The van der Waals surface area contributed by atoms with Crippen LogP contribution >= 0.6 is 0 Å². The Labute approximate surface area is 140 Å². The second kappa shape index (κ2) is 9.19. The van der Waals surface area contributed by atoms with Crippen molar-refractivity contribution in [3.63, 3.8) is 0 Å². The summed E-state index contributed by atoms with van der Waals surface area (Å²) in [5, 5.41) is 26.5. The molecule has 6 nitrogen and oxygen atoms in total. The van der Waals surface area contributed by atoms with Crippen LogP contribution in [0, 0.1) is 0 Å². The fraction of sp³-hybridized carbons (Fsp3) is 0.222. The summed E-state index contributed by atoms with van der Waals surface area (Å²) in [6.07, 6.45) is 0. The number of carboxylic acids is 2. The predicted molar refractivity (Wildman–Crippen MR) is 88.7 cm³/mol. The zero-order valence-corrected chi connectivity index (χ0v) is 13.5. The van der Waals surface area contributed by atoms with Crippen LogP contribution in [0.1, 0.15) is 35.7 Å². The molecule has 0 heterocycles. The number of phenols is 1.